The first-order valence-electron chi connectivity index (χ1n) is 6.42. The van der Waals surface area contributed by atoms with Gasteiger partial charge in [-0.25, -0.2) is 0 Å². The number of ether oxygens (including phenoxy) is 1. The van der Waals surface area contributed by atoms with Gasteiger partial charge < -0.3 is 10.1 Å². The van der Waals surface area contributed by atoms with Crippen LogP contribution in [0.25, 0.3) is 0 Å². The van der Waals surface area contributed by atoms with Crippen molar-refractivity contribution in [2.75, 3.05) is 20.3 Å². The van der Waals surface area contributed by atoms with Crippen LogP contribution in [-0.2, 0) is 4.74 Å². The Morgan fingerprint density at radius 3 is 2.61 bits per heavy atom. The number of halogens is 1. The van der Waals surface area contributed by atoms with Crippen LogP contribution in [-0.4, -0.2) is 25.8 Å². The Morgan fingerprint density at radius 1 is 1.33 bits per heavy atom. The summed E-state index contributed by atoms with van der Waals surface area (Å²) in [5, 5.41) is 4.35. The van der Waals surface area contributed by atoms with E-state index in [-0.39, 0.29) is 5.54 Å². The van der Waals surface area contributed by atoms with Crippen molar-refractivity contribution >= 4 is 11.6 Å². The third kappa shape index (κ3) is 5.85. The van der Waals surface area contributed by atoms with E-state index < -0.39 is 0 Å². The number of hydrogen-bond acceptors (Lipinski definition) is 2. The van der Waals surface area contributed by atoms with E-state index in [1.54, 1.807) is 7.11 Å². The fraction of sp³-hybridized carbons (Fsp3) is 0.600. The van der Waals surface area contributed by atoms with Gasteiger partial charge in [0.25, 0.3) is 0 Å². The molecule has 0 amide bonds. The lowest BCUT2D eigenvalue weighted by atomic mass is 9.95. The first kappa shape index (κ1) is 15.5. The molecule has 1 aromatic carbocycles. The molecule has 0 aliphatic rings. The van der Waals surface area contributed by atoms with Crippen molar-refractivity contribution < 1.29 is 4.74 Å². The molecular formula is C15H24ClNO. The van der Waals surface area contributed by atoms with Gasteiger partial charge in [0.1, 0.15) is 0 Å². The zero-order valence-corrected chi connectivity index (χ0v) is 12.6. The molecule has 1 atom stereocenters. The van der Waals surface area contributed by atoms with Gasteiger partial charge in [-0.1, -0.05) is 23.7 Å². The largest absolute Gasteiger partial charge is 0.385 e. The molecule has 0 heterocycles. The van der Waals surface area contributed by atoms with Crippen molar-refractivity contribution in [2.24, 2.45) is 0 Å². The Kier molecular flexibility index (Phi) is 6.13. The molecule has 0 aliphatic carbocycles. The van der Waals surface area contributed by atoms with Crippen molar-refractivity contribution in [3.8, 4) is 0 Å². The Balaban J connectivity index is 2.71. The predicted molar refractivity (Wildman–Crippen MR) is 78.4 cm³/mol. The van der Waals surface area contributed by atoms with E-state index in [9.17, 15) is 0 Å². The van der Waals surface area contributed by atoms with Gasteiger partial charge in [0.15, 0.2) is 0 Å². The lowest BCUT2D eigenvalue weighted by molar-refractivity contribution is 0.185. The molecular weight excluding hydrogens is 246 g/mol. The first-order valence-corrected chi connectivity index (χ1v) is 6.79. The van der Waals surface area contributed by atoms with Crippen LogP contribution in [0.3, 0.4) is 0 Å². The Morgan fingerprint density at radius 2 is 2.06 bits per heavy atom. The molecule has 0 saturated heterocycles. The maximum absolute atomic E-state index is 6.06. The van der Waals surface area contributed by atoms with Crippen LogP contribution in [0.1, 0.15) is 38.7 Å². The minimum Gasteiger partial charge on any atom is -0.385 e. The molecule has 3 heteroatoms. The van der Waals surface area contributed by atoms with Gasteiger partial charge in [0.2, 0.25) is 0 Å². The van der Waals surface area contributed by atoms with Crippen LogP contribution >= 0.6 is 11.6 Å². The minimum absolute atomic E-state index is 0.129. The highest BCUT2D eigenvalue weighted by atomic mass is 35.5. The standard InChI is InChI=1S/C15H24ClNO/c1-15(2,3)17-11-13(8-9-18-4)12-6-5-7-14(16)10-12/h5-7,10,13,17H,8-9,11H2,1-4H3. The molecule has 0 fully saturated rings. The predicted octanol–water partition coefficient (Wildman–Crippen LogP) is 3.85. The van der Waals surface area contributed by atoms with Gasteiger partial charge >= 0.3 is 0 Å². The fourth-order valence-electron chi connectivity index (χ4n) is 1.84. The average molecular weight is 270 g/mol. The van der Waals surface area contributed by atoms with Crippen LogP contribution in [0, 0.1) is 0 Å². The zero-order valence-electron chi connectivity index (χ0n) is 11.8. The molecule has 18 heavy (non-hydrogen) atoms. The van der Waals surface area contributed by atoms with Crippen LogP contribution in [0.2, 0.25) is 5.02 Å². The van der Waals surface area contributed by atoms with Crippen molar-refractivity contribution in [3.05, 3.63) is 34.9 Å². The van der Waals surface area contributed by atoms with Gasteiger partial charge in [-0.15, -0.1) is 0 Å². The molecule has 1 unspecified atom stereocenters. The molecule has 2 nitrogen and oxygen atoms in total. The second kappa shape index (κ2) is 7.13. The lowest BCUT2D eigenvalue weighted by Crippen LogP contribution is -2.38. The van der Waals surface area contributed by atoms with Gasteiger partial charge in [0, 0.05) is 30.8 Å². The summed E-state index contributed by atoms with van der Waals surface area (Å²) in [5.41, 5.74) is 1.40. The van der Waals surface area contributed by atoms with E-state index >= 15 is 0 Å². The molecule has 102 valence electrons. The molecule has 1 rings (SSSR count). The minimum atomic E-state index is 0.129. The monoisotopic (exact) mass is 269 g/mol. The maximum atomic E-state index is 6.06. The van der Waals surface area contributed by atoms with Crippen LogP contribution < -0.4 is 5.32 Å². The highest BCUT2D eigenvalue weighted by molar-refractivity contribution is 6.30. The van der Waals surface area contributed by atoms with Crippen LogP contribution in [0.5, 0.6) is 0 Å². The Hall–Kier alpha value is -0.570. The van der Waals surface area contributed by atoms with Crippen molar-refractivity contribution in [2.45, 2.75) is 38.6 Å². The molecule has 0 spiro atoms. The second-order valence-corrected chi connectivity index (χ2v) is 6.10. The molecule has 0 aromatic heterocycles. The molecule has 0 saturated carbocycles. The molecule has 1 N–H and O–H groups in total. The Bertz CT molecular complexity index is 360. The summed E-state index contributed by atoms with van der Waals surface area (Å²) in [7, 11) is 1.74. The van der Waals surface area contributed by atoms with Crippen molar-refractivity contribution in [1.29, 1.82) is 0 Å². The molecule has 0 aliphatic heterocycles. The van der Waals surface area contributed by atoms with Gasteiger partial charge in [-0.3, -0.25) is 0 Å². The zero-order chi connectivity index (χ0) is 13.6. The van der Waals surface area contributed by atoms with Gasteiger partial charge in [-0.05, 0) is 50.8 Å². The first-order chi connectivity index (χ1) is 8.42. The number of rotatable bonds is 6. The van der Waals surface area contributed by atoms with E-state index in [2.05, 4.69) is 32.2 Å². The van der Waals surface area contributed by atoms with Crippen LogP contribution in [0.15, 0.2) is 24.3 Å². The average Bonchev–Trinajstić information content (AvgIpc) is 2.28. The maximum Gasteiger partial charge on any atom is 0.0468 e. The molecule has 1 aromatic rings. The quantitative estimate of drug-likeness (QED) is 0.847. The summed E-state index contributed by atoms with van der Waals surface area (Å²) >= 11 is 6.06. The summed E-state index contributed by atoms with van der Waals surface area (Å²) in [4.78, 5) is 0. The van der Waals surface area contributed by atoms with Crippen LogP contribution in [0.4, 0.5) is 0 Å². The van der Waals surface area contributed by atoms with Crippen molar-refractivity contribution in [1.82, 2.24) is 5.32 Å². The summed E-state index contributed by atoms with van der Waals surface area (Å²) in [5.74, 6) is 0.433. The number of benzene rings is 1. The highest BCUT2D eigenvalue weighted by Crippen LogP contribution is 2.23. The normalized spacial score (nSPS) is 13.6. The summed E-state index contributed by atoms with van der Waals surface area (Å²) in [6.07, 6.45) is 1.000. The van der Waals surface area contributed by atoms with E-state index in [4.69, 9.17) is 16.3 Å². The van der Waals surface area contributed by atoms with E-state index in [1.807, 2.05) is 18.2 Å². The fourth-order valence-corrected chi connectivity index (χ4v) is 2.04. The van der Waals surface area contributed by atoms with E-state index in [1.165, 1.54) is 5.56 Å². The number of hydrogen-bond donors (Lipinski definition) is 1. The summed E-state index contributed by atoms with van der Waals surface area (Å²) in [6, 6.07) is 8.10. The molecule has 0 radical (unpaired) electrons. The number of methoxy groups -OCH3 is 1. The third-order valence-electron chi connectivity index (χ3n) is 2.87. The smallest absolute Gasteiger partial charge is 0.0468 e. The number of nitrogens with one attached hydrogen (secondary N) is 1. The molecule has 0 bridgehead atoms. The summed E-state index contributed by atoms with van der Waals surface area (Å²) in [6.45, 7) is 8.24. The summed E-state index contributed by atoms with van der Waals surface area (Å²) < 4.78 is 5.20. The van der Waals surface area contributed by atoms with Gasteiger partial charge in [0.05, 0.1) is 0 Å². The Labute approximate surface area is 116 Å². The second-order valence-electron chi connectivity index (χ2n) is 5.66. The highest BCUT2D eigenvalue weighted by Gasteiger charge is 2.16. The van der Waals surface area contributed by atoms with E-state index in [0.717, 1.165) is 24.6 Å². The third-order valence-corrected chi connectivity index (χ3v) is 3.10. The topological polar surface area (TPSA) is 21.3 Å². The van der Waals surface area contributed by atoms with Crippen molar-refractivity contribution in [3.63, 3.8) is 0 Å². The van der Waals surface area contributed by atoms with Gasteiger partial charge in [-0.2, -0.15) is 0 Å². The SMILES string of the molecule is COCCC(CNC(C)(C)C)c1cccc(Cl)c1. The van der Waals surface area contributed by atoms with E-state index in [0.29, 0.717) is 5.92 Å². The lowest BCUT2D eigenvalue weighted by Gasteiger charge is -2.25.